The number of hydrogen-bond acceptors (Lipinski definition) is 10. The number of cyclic esters (lactones) is 4. The summed E-state index contributed by atoms with van der Waals surface area (Å²) in [5.41, 5.74) is 8.26. The Kier molecular flexibility index (Phi) is 13.2. The molecule has 7 heterocycles. The van der Waals surface area contributed by atoms with Crippen LogP contribution >= 0.6 is 0 Å². The van der Waals surface area contributed by atoms with Gasteiger partial charge in [0.25, 0.3) is 0 Å². The minimum absolute atomic E-state index is 0.173. The third-order valence-electron chi connectivity index (χ3n) is 19.0. The zero-order chi connectivity index (χ0) is 51.9. The number of fused-ring (bicyclic) bond motifs is 16. The maximum absolute atomic E-state index is 14.2. The second-order valence-corrected chi connectivity index (χ2v) is 25.4. The van der Waals surface area contributed by atoms with E-state index in [1.807, 2.05) is 0 Å². The number of aromatic amines is 2. The summed E-state index contributed by atoms with van der Waals surface area (Å²) < 4.78 is 24.4. The number of aromatic nitrogens is 4. The Balaban J connectivity index is 1.16. The van der Waals surface area contributed by atoms with Crippen LogP contribution in [-0.4, -0.2) is 70.2 Å². The average Bonchev–Trinajstić information content (AvgIpc) is 3.97. The first kappa shape index (κ1) is 50.6. The lowest BCUT2D eigenvalue weighted by molar-refractivity contribution is -0.147. The van der Waals surface area contributed by atoms with Crippen molar-refractivity contribution >= 4 is 70.2 Å². The highest BCUT2D eigenvalue weighted by molar-refractivity contribution is 5.91. The summed E-state index contributed by atoms with van der Waals surface area (Å²) in [5, 5.41) is 0. The molecule has 0 saturated heterocycles. The lowest BCUT2D eigenvalue weighted by atomic mass is 10.00. The van der Waals surface area contributed by atoms with E-state index in [0.29, 0.717) is 26.4 Å². The number of H-pyrrole nitrogens is 2. The smallest absolute Gasteiger partial charge is 0.310 e. The number of esters is 4. The van der Waals surface area contributed by atoms with Crippen LogP contribution in [0.5, 0.6) is 0 Å². The fourth-order valence-corrected chi connectivity index (χ4v) is 14.3. The molecule has 74 heavy (non-hydrogen) atoms. The third-order valence-corrected chi connectivity index (χ3v) is 19.0. The van der Waals surface area contributed by atoms with Crippen LogP contribution in [0.3, 0.4) is 0 Å². The monoisotopic (exact) mass is 1010 g/mol. The molecule has 0 aromatic carbocycles. The standard InChI is InChI=1S/C62H78N4O8/c1-59(2)47-43-35-23-24-36(63-35)44(48-52(60(48,3)4)56(68)72-32-20-16-12-9-11-15-19-31-71-55(67)51(47)59)41-29-30-42(66-41)46-38-26-25-37(64-38)45(40-28-27-39(43)65-40)49-53(61(49,5)6)57(69)73-33-21-17-13-10-14-18-22-34-74-58(70)54-50(46)62(54,7)8/h23-30,47-54,63,65H,9-22,31-34H2,1-8H3. The SMILES string of the molecule is CC1(C)C2C(=O)OCCCCCCCCCOC(=O)C3C(c4c5nc(c(c6nc(c7c8ccc([nH]8)c(c8ccc4[nH]8)C4C(C(=O)OCCCCCCCCCOC(=O)C8C7C8(C)C)C4(C)C)C=C6)C21)C=C5)C3(C)C. The summed E-state index contributed by atoms with van der Waals surface area (Å²) in [6.45, 7) is 18.7. The van der Waals surface area contributed by atoms with E-state index in [-0.39, 0.29) is 53.5 Å². The highest BCUT2D eigenvalue weighted by Gasteiger charge is 2.68. The van der Waals surface area contributed by atoms with Crippen molar-refractivity contribution in [3.8, 4) is 0 Å². The Labute approximate surface area is 436 Å². The molecule has 3 aromatic heterocycles. The van der Waals surface area contributed by atoms with Gasteiger partial charge in [-0.1, -0.05) is 120 Å². The van der Waals surface area contributed by atoms with E-state index in [4.69, 9.17) is 28.9 Å². The molecule has 4 aliphatic heterocycles. The molecule has 12 heteroatoms. The first-order chi connectivity index (χ1) is 35.5. The van der Waals surface area contributed by atoms with Gasteiger partial charge in [0.1, 0.15) is 0 Å². The zero-order valence-corrected chi connectivity index (χ0v) is 45.1. The molecular formula is C62H78N4O8. The summed E-state index contributed by atoms with van der Waals surface area (Å²) in [4.78, 5) is 75.8. The first-order valence-electron chi connectivity index (χ1n) is 28.3. The topological polar surface area (TPSA) is 163 Å². The van der Waals surface area contributed by atoms with Gasteiger partial charge in [-0.25, -0.2) is 9.97 Å². The van der Waals surface area contributed by atoms with Gasteiger partial charge in [-0.2, -0.15) is 0 Å². The van der Waals surface area contributed by atoms with Crippen LogP contribution in [0, 0.1) is 45.3 Å². The molecule has 12 nitrogen and oxygen atoms in total. The van der Waals surface area contributed by atoms with E-state index in [2.05, 4.69) is 114 Å². The molecule has 4 saturated carbocycles. The molecule has 12 bridgehead atoms. The van der Waals surface area contributed by atoms with Crippen molar-refractivity contribution in [1.29, 1.82) is 0 Å². The summed E-state index contributed by atoms with van der Waals surface area (Å²) in [6, 6.07) is 8.42. The number of ether oxygens (including phenoxy) is 4. The Morgan fingerprint density at radius 1 is 0.338 bits per heavy atom. The van der Waals surface area contributed by atoms with Crippen molar-refractivity contribution in [2.75, 3.05) is 26.4 Å². The number of carbonyl (C=O) groups is 4. The van der Waals surface area contributed by atoms with Crippen molar-refractivity contribution in [2.24, 2.45) is 45.3 Å². The van der Waals surface area contributed by atoms with Gasteiger partial charge >= 0.3 is 23.9 Å². The quantitative estimate of drug-likeness (QED) is 0.113. The molecule has 11 rings (SSSR count). The molecule has 0 amide bonds. The van der Waals surface area contributed by atoms with Crippen LogP contribution in [0.15, 0.2) is 24.3 Å². The van der Waals surface area contributed by atoms with Crippen LogP contribution < -0.4 is 0 Å². The van der Waals surface area contributed by atoms with Crippen LogP contribution in [0.2, 0.25) is 0 Å². The van der Waals surface area contributed by atoms with Crippen LogP contribution in [0.25, 0.3) is 46.4 Å². The molecule has 2 N–H and O–H groups in total. The maximum Gasteiger partial charge on any atom is 0.310 e. The molecule has 0 radical (unpaired) electrons. The molecule has 4 aliphatic carbocycles. The molecule has 3 aromatic rings. The number of nitrogens with one attached hydrogen (secondary N) is 2. The molecule has 0 spiro atoms. The van der Waals surface area contributed by atoms with Crippen molar-refractivity contribution in [3.63, 3.8) is 0 Å². The van der Waals surface area contributed by atoms with E-state index in [0.717, 1.165) is 157 Å². The molecule has 8 aliphatic rings. The van der Waals surface area contributed by atoms with Gasteiger partial charge in [0, 0.05) is 68.0 Å². The fourth-order valence-electron chi connectivity index (χ4n) is 14.3. The van der Waals surface area contributed by atoms with Crippen molar-refractivity contribution in [1.82, 2.24) is 19.9 Å². The molecule has 394 valence electrons. The van der Waals surface area contributed by atoms with Gasteiger partial charge in [0.2, 0.25) is 0 Å². The van der Waals surface area contributed by atoms with Crippen molar-refractivity contribution in [2.45, 2.75) is 169 Å². The number of rotatable bonds is 0. The normalized spacial score (nSPS) is 30.6. The van der Waals surface area contributed by atoms with E-state index in [1.165, 1.54) is 0 Å². The molecular weight excluding hydrogens is 929 g/mol. The van der Waals surface area contributed by atoms with E-state index < -0.39 is 39.4 Å². The van der Waals surface area contributed by atoms with Gasteiger partial charge in [0.05, 0.1) is 72.9 Å². The summed E-state index contributed by atoms with van der Waals surface area (Å²) in [7, 11) is 0. The second kappa shape index (κ2) is 19.2. The van der Waals surface area contributed by atoms with Gasteiger partial charge in [-0.05, 0) is 95.9 Å². The Bertz CT molecular complexity index is 2940. The Hall–Kier alpha value is -5.52. The van der Waals surface area contributed by atoms with E-state index in [9.17, 15) is 19.2 Å². The minimum Gasteiger partial charge on any atom is -0.465 e. The van der Waals surface area contributed by atoms with Crippen molar-refractivity contribution < 1.29 is 38.1 Å². The largest absolute Gasteiger partial charge is 0.465 e. The molecule has 4 fully saturated rings. The van der Waals surface area contributed by atoms with Crippen molar-refractivity contribution in [3.05, 3.63) is 69.3 Å². The summed E-state index contributed by atoms with van der Waals surface area (Å²) in [6.07, 6.45) is 21.9. The molecule has 8 unspecified atom stereocenters. The number of nitrogens with zero attached hydrogens (tertiary/aromatic N) is 2. The fraction of sp³-hybridized carbons (Fsp3) is 0.613. The zero-order valence-electron chi connectivity index (χ0n) is 45.1. The predicted molar refractivity (Wildman–Crippen MR) is 287 cm³/mol. The lowest BCUT2D eigenvalue weighted by Crippen LogP contribution is -2.12. The van der Waals surface area contributed by atoms with Gasteiger partial charge in [0.15, 0.2) is 0 Å². The highest BCUT2D eigenvalue weighted by atomic mass is 16.5. The first-order valence-corrected chi connectivity index (χ1v) is 28.3. The van der Waals surface area contributed by atoms with Gasteiger partial charge < -0.3 is 28.9 Å². The maximum atomic E-state index is 14.2. The Morgan fingerprint density at radius 2 is 0.568 bits per heavy atom. The second-order valence-electron chi connectivity index (χ2n) is 25.4. The number of carbonyl (C=O) groups excluding carboxylic acids is 4. The third kappa shape index (κ3) is 8.95. The van der Waals surface area contributed by atoms with Crippen LogP contribution in [-0.2, 0) is 38.1 Å². The number of hydrogen-bond donors (Lipinski definition) is 2. The van der Waals surface area contributed by atoms with Crippen LogP contribution in [0.1, 0.15) is 214 Å². The van der Waals surface area contributed by atoms with Gasteiger partial charge in [-0.15, -0.1) is 0 Å². The summed E-state index contributed by atoms with van der Waals surface area (Å²) >= 11 is 0. The van der Waals surface area contributed by atoms with Gasteiger partial charge in [-0.3, -0.25) is 19.2 Å². The predicted octanol–water partition coefficient (Wildman–Crippen LogP) is 13.3. The Morgan fingerprint density at radius 3 is 0.865 bits per heavy atom. The van der Waals surface area contributed by atoms with Crippen LogP contribution in [0.4, 0.5) is 0 Å². The molecule has 8 atom stereocenters. The van der Waals surface area contributed by atoms with E-state index in [1.54, 1.807) is 0 Å². The average molecular weight is 1010 g/mol. The summed E-state index contributed by atoms with van der Waals surface area (Å²) in [5.74, 6) is -3.17. The minimum atomic E-state index is -0.451. The van der Waals surface area contributed by atoms with E-state index >= 15 is 0 Å². The highest BCUT2D eigenvalue weighted by Crippen LogP contribution is 2.70. The lowest BCUT2D eigenvalue weighted by Gasteiger charge is -2.09.